The summed E-state index contributed by atoms with van der Waals surface area (Å²) in [5, 5.41) is 3.03. The molecule has 5 nitrogen and oxygen atoms in total. The third kappa shape index (κ3) is 4.55. The Labute approximate surface area is 188 Å². The predicted octanol–water partition coefficient (Wildman–Crippen LogP) is 4.37. The number of morpholine rings is 1. The number of aryl methyl sites for hydroxylation is 1. The molecule has 0 bridgehead atoms. The van der Waals surface area contributed by atoms with Gasteiger partial charge in [-0.2, -0.15) is 0 Å². The number of aromatic nitrogens is 1. The van der Waals surface area contributed by atoms with Gasteiger partial charge in [-0.25, -0.2) is 4.39 Å². The average Bonchev–Trinajstić information content (AvgIpc) is 3.04. The Morgan fingerprint density at radius 1 is 1.03 bits per heavy atom. The summed E-state index contributed by atoms with van der Waals surface area (Å²) < 4.78 is 20.9. The third-order valence-corrected chi connectivity index (χ3v) is 6.23. The molecule has 1 N–H and O–H groups in total. The van der Waals surface area contributed by atoms with Gasteiger partial charge in [-0.3, -0.25) is 4.79 Å². The number of rotatable bonds is 6. The summed E-state index contributed by atoms with van der Waals surface area (Å²) in [5.41, 5.74) is 7.10. The molecule has 1 fully saturated rings. The van der Waals surface area contributed by atoms with E-state index in [9.17, 15) is 9.18 Å². The molecule has 168 valence electrons. The zero-order valence-electron chi connectivity index (χ0n) is 19.0. The number of halogens is 1. The van der Waals surface area contributed by atoms with E-state index in [1.54, 1.807) is 12.1 Å². The van der Waals surface area contributed by atoms with E-state index >= 15 is 0 Å². The predicted molar refractivity (Wildman–Crippen MR) is 125 cm³/mol. The molecule has 0 radical (unpaired) electrons. The first kappa shape index (κ1) is 22.1. The number of ether oxygens (including phenoxy) is 1. The number of amides is 1. The molecule has 2 aromatic carbocycles. The van der Waals surface area contributed by atoms with Gasteiger partial charge in [0.15, 0.2) is 0 Å². The third-order valence-electron chi connectivity index (χ3n) is 6.23. The lowest BCUT2D eigenvalue weighted by atomic mass is 10.1. The van der Waals surface area contributed by atoms with Gasteiger partial charge in [-0.1, -0.05) is 36.4 Å². The second-order valence-corrected chi connectivity index (χ2v) is 8.33. The van der Waals surface area contributed by atoms with Crippen molar-refractivity contribution in [3.05, 3.63) is 88.0 Å². The second-order valence-electron chi connectivity index (χ2n) is 8.33. The van der Waals surface area contributed by atoms with Crippen LogP contribution in [0.4, 0.5) is 10.1 Å². The van der Waals surface area contributed by atoms with Gasteiger partial charge in [0.2, 0.25) is 0 Å². The van der Waals surface area contributed by atoms with Crippen LogP contribution in [0.25, 0.3) is 0 Å². The fourth-order valence-corrected chi connectivity index (χ4v) is 4.45. The SMILES string of the molecule is Cc1ccccc1Cn1c(C)c(N2CCOCC2)c(C)c1C(=O)NCc1ccc(F)cc1. The molecule has 4 rings (SSSR count). The molecule has 0 unspecified atom stereocenters. The molecule has 1 amide bonds. The van der Waals surface area contributed by atoms with Crippen molar-refractivity contribution in [2.45, 2.75) is 33.9 Å². The van der Waals surface area contributed by atoms with E-state index < -0.39 is 0 Å². The van der Waals surface area contributed by atoms with Crippen molar-refractivity contribution in [1.29, 1.82) is 0 Å². The largest absolute Gasteiger partial charge is 0.378 e. The standard InChI is InChI=1S/C26H30FN3O2/c1-18-6-4-5-7-22(18)17-30-20(3)24(29-12-14-32-15-13-29)19(2)25(30)26(31)28-16-21-8-10-23(27)11-9-21/h4-11H,12-17H2,1-3H3,(H,28,31). The molecular formula is C26H30FN3O2. The summed E-state index contributed by atoms with van der Waals surface area (Å²) in [6.07, 6.45) is 0. The van der Waals surface area contributed by atoms with E-state index in [-0.39, 0.29) is 11.7 Å². The Morgan fingerprint density at radius 2 is 1.72 bits per heavy atom. The van der Waals surface area contributed by atoms with Gasteiger partial charge in [-0.15, -0.1) is 0 Å². The van der Waals surface area contributed by atoms with E-state index in [0.717, 1.165) is 35.6 Å². The number of nitrogens with zero attached hydrogens (tertiary/aromatic N) is 2. The molecule has 3 aromatic rings. The topological polar surface area (TPSA) is 46.5 Å². The highest BCUT2D eigenvalue weighted by Crippen LogP contribution is 2.32. The Bertz CT molecular complexity index is 1100. The minimum atomic E-state index is -0.284. The summed E-state index contributed by atoms with van der Waals surface area (Å²) in [5.74, 6) is -0.406. The lowest BCUT2D eigenvalue weighted by molar-refractivity contribution is 0.0941. The van der Waals surface area contributed by atoms with Gasteiger partial charge >= 0.3 is 0 Å². The Balaban J connectivity index is 1.68. The zero-order valence-corrected chi connectivity index (χ0v) is 19.0. The minimum Gasteiger partial charge on any atom is -0.378 e. The highest BCUT2D eigenvalue weighted by molar-refractivity contribution is 5.96. The Kier molecular flexibility index (Phi) is 6.61. The van der Waals surface area contributed by atoms with Crippen LogP contribution in [-0.2, 0) is 17.8 Å². The van der Waals surface area contributed by atoms with E-state index in [1.807, 2.05) is 19.1 Å². The molecular weight excluding hydrogens is 405 g/mol. The number of hydrogen-bond donors (Lipinski definition) is 1. The van der Waals surface area contributed by atoms with Crippen molar-refractivity contribution in [2.75, 3.05) is 31.2 Å². The first-order chi connectivity index (χ1) is 15.5. The number of carbonyl (C=O) groups excluding carboxylic acids is 1. The minimum absolute atomic E-state index is 0.122. The Morgan fingerprint density at radius 3 is 2.41 bits per heavy atom. The van der Waals surface area contributed by atoms with Crippen LogP contribution < -0.4 is 10.2 Å². The van der Waals surface area contributed by atoms with Crippen LogP contribution in [0.1, 0.15) is 38.4 Å². The summed E-state index contributed by atoms with van der Waals surface area (Å²) in [6.45, 7) is 10.2. The van der Waals surface area contributed by atoms with Crippen molar-refractivity contribution in [1.82, 2.24) is 9.88 Å². The molecule has 1 aliphatic rings. The molecule has 1 aromatic heterocycles. The summed E-state index contributed by atoms with van der Waals surface area (Å²) in [7, 11) is 0. The molecule has 6 heteroatoms. The molecule has 0 atom stereocenters. The van der Waals surface area contributed by atoms with Crippen molar-refractivity contribution in [3.8, 4) is 0 Å². The number of benzene rings is 2. The quantitative estimate of drug-likeness (QED) is 0.626. The smallest absolute Gasteiger partial charge is 0.268 e. The fourth-order valence-electron chi connectivity index (χ4n) is 4.45. The summed E-state index contributed by atoms with van der Waals surface area (Å²) in [6, 6.07) is 14.5. The molecule has 2 heterocycles. The van der Waals surface area contributed by atoms with Gasteiger partial charge in [0.25, 0.3) is 5.91 Å². The zero-order chi connectivity index (χ0) is 22.7. The van der Waals surface area contributed by atoms with Crippen molar-refractivity contribution in [3.63, 3.8) is 0 Å². The maximum absolute atomic E-state index is 13.4. The van der Waals surface area contributed by atoms with Crippen LogP contribution in [0.5, 0.6) is 0 Å². The lowest BCUT2D eigenvalue weighted by Gasteiger charge is -2.29. The molecule has 1 saturated heterocycles. The van der Waals surface area contributed by atoms with E-state index in [4.69, 9.17) is 4.74 Å². The monoisotopic (exact) mass is 435 g/mol. The van der Waals surface area contributed by atoms with Crippen LogP contribution >= 0.6 is 0 Å². The maximum Gasteiger partial charge on any atom is 0.268 e. The van der Waals surface area contributed by atoms with E-state index in [2.05, 4.69) is 40.8 Å². The first-order valence-electron chi connectivity index (χ1n) is 11.0. The first-order valence-corrected chi connectivity index (χ1v) is 11.0. The maximum atomic E-state index is 13.4. The van der Waals surface area contributed by atoms with Crippen molar-refractivity contribution in [2.24, 2.45) is 0 Å². The van der Waals surface area contributed by atoms with Gasteiger partial charge < -0.3 is 19.5 Å². The number of anilines is 1. The lowest BCUT2D eigenvalue weighted by Crippen LogP contribution is -2.36. The van der Waals surface area contributed by atoms with Crippen molar-refractivity contribution < 1.29 is 13.9 Å². The molecule has 32 heavy (non-hydrogen) atoms. The highest BCUT2D eigenvalue weighted by Gasteiger charge is 2.27. The van der Waals surface area contributed by atoms with E-state index in [0.29, 0.717) is 32.0 Å². The average molecular weight is 436 g/mol. The van der Waals surface area contributed by atoms with Crippen LogP contribution in [0, 0.1) is 26.6 Å². The second kappa shape index (κ2) is 9.57. The van der Waals surface area contributed by atoms with Gasteiger partial charge in [0, 0.05) is 37.4 Å². The molecule has 1 aliphatic heterocycles. The van der Waals surface area contributed by atoms with E-state index in [1.165, 1.54) is 23.3 Å². The highest BCUT2D eigenvalue weighted by atomic mass is 19.1. The molecule has 0 aliphatic carbocycles. The number of hydrogen-bond acceptors (Lipinski definition) is 3. The summed E-state index contributed by atoms with van der Waals surface area (Å²) in [4.78, 5) is 15.7. The van der Waals surface area contributed by atoms with Gasteiger partial charge in [0.05, 0.1) is 18.9 Å². The van der Waals surface area contributed by atoms with Gasteiger partial charge in [-0.05, 0) is 49.6 Å². The van der Waals surface area contributed by atoms with Crippen LogP contribution in [0.3, 0.4) is 0 Å². The van der Waals surface area contributed by atoms with Crippen LogP contribution in [0.15, 0.2) is 48.5 Å². The molecule has 0 saturated carbocycles. The number of nitrogens with one attached hydrogen (secondary N) is 1. The summed E-state index contributed by atoms with van der Waals surface area (Å²) >= 11 is 0. The van der Waals surface area contributed by atoms with Crippen molar-refractivity contribution >= 4 is 11.6 Å². The number of carbonyl (C=O) groups is 1. The normalized spacial score (nSPS) is 13.9. The van der Waals surface area contributed by atoms with Crippen LogP contribution in [0.2, 0.25) is 0 Å². The van der Waals surface area contributed by atoms with Crippen LogP contribution in [-0.4, -0.2) is 36.8 Å². The Hall–Kier alpha value is -3.12. The van der Waals surface area contributed by atoms with Gasteiger partial charge in [0.1, 0.15) is 11.5 Å². The fraction of sp³-hybridized carbons (Fsp3) is 0.346. The molecule has 0 spiro atoms.